The number of amides is 1. The lowest BCUT2D eigenvalue weighted by Crippen LogP contribution is -2.51. The molecule has 3 aliphatic rings. The molecule has 0 radical (unpaired) electrons. The standard InChI is InChI=1S/C32H28N2O2/c35-32(36-20-30-28-13-4-2-11-26(28)27-12-3-5-14-29(27)30)34-24-9-7-10-25(34)18-22(17-24)23-16-21-8-1-6-15-31(21)33-19-23/h1-6,8,11-17,19,24-25,30H,7,9-10,18,20H2. The first-order valence-corrected chi connectivity index (χ1v) is 13.0. The van der Waals surface area contributed by atoms with Crippen LogP contribution in [0.3, 0.4) is 0 Å². The van der Waals surface area contributed by atoms with Gasteiger partial charge in [-0.3, -0.25) is 9.88 Å². The summed E-state index contributed by atoms with van der Waals surface area (Å²) in [6, 6.07) is 27.7. The quantitative estimate of drug-likeness (QED) is 0.317. The molecule has 1 aromatic heterocycles. The van der Waals surface area contributed by atoms with Crippen LogP contribution in [0.15, 0.2) is 91.1 Å². The summed E-state index contributed by atoms with van der Waals surface area (Å²) in [4.78, 5) is 20.1. The summed E-state index contributed by atoms with van der Waals surface area (Å²) in [6.45, 7) is 0.369. The molecule has 178 valence electrons. The minimum Gasteiger partial charge on any atom is -0.448 e. The van der Waals surface area contributed by atoms with Crippen molar-refractivity contribution in [3.8, 4) is 11.1 Å². The van der Waals surface area contributed by atoms with Crippen molar-refractivity contribution in [1.29, 1.82) is 0 Å². The van der Waals surface area contributed by atoms with E-state index in [1.807, 2.05) is 23.2 Å². The van der Waals surface area contributed by atoms with Gasteiger partial charge in [-0.05, 0) is 71.2 Å². The van der Waals surface area contributed by atoms with Crippen LogP contribution in [-0.4, -0.2) is 34.7 Å². The van der Waals surface area contributed by atoms with E-state index in [0.29, 0.717) is 6.61 Å². The number of hydrogen-bond acceptors (Lipinski definition) is 3. The minimum absolute atomic E-state index is 0.0784. The third kappa shape index (κ3) is 3.51. The molecule has 0 N–H and O–H groups in total. The van der Waals surface area contributed by atoms with Crippen molar-refractivity contribution < 1.29 is 9.53 Å². The summed E-state index contributed by atoms with van der Waals surface area (Å²) >= 11 is 0. The van der Waals surface area contributed by atoms with Crippen molar-refractivity contribution in [3.05, 3.63) is 108 Å². The number of benzene rings is 3. The summed E-state index contributed by atoms with van der Waals surface area (Å²) in [5.41, 5.74) is 8.47. The van der Waals surface area contributed by atoms with E-state index in [4.69, 9.17) is 4.74 Å². The second kappa shape index (κ2) is 8.63. The van der Waals surface area contributed by atoms with Crippen molar-refractivity contribution in [2.45, 2.75) is 43.7 Å². The monoisotopic (exact) mass is 472 g/mol. The number of piperidine rings is 1. The Balaban J connectivity index is 1.12. The average Bonchev–Trinajstić information content (AvgIpc) is 3.24. The van der Waals surface area contributed by atoms with E-state index in [1.54, 1.807) is 0 Å². The molecule has 3 heterocycles. The Morgan fingerprint density at radius 3 is 2.42 bits per heavy atom. The molecular weight excluding hydrogens is 444 g/mol. The topological polar surface area (TPSA) is 42.4 Å². The van der Waals surface area contributed by atoms with E-state index in [2.05, 4.69) is 77.8 Å². The van der Waals surface area contributed by atoms with E-state index < -0.39 is 0 Å². The van der Waals surface area contributed by atoms with Crippen molar-refractivity contribution in [1.82, 2.24) is 9.88 Å². The summed E-state index contributed by atoms with van der Waals surface area (Å²) in [5.74, 6) is 0.0840. The number of aromatic nitrogens is 1. The Labute approximate surface area is 211 Å². The maximum Gasteiger partial charge on any atom is 0.410 e. The fourth-order valence-electron chi connectivity index (χ4n) is 6.44. The minimum atomic E-state index is -0.182. The van der Waals surface area contributed by atoms with Crippen molar-refractivity contribution in [3.63, 3.8) is 0 Å². The van der Waals surface area contributed by atoms with Crippen LogP contribution >= 0.6 is 0 Å². The molecule has 0 spiro atoms. The van der Waals surface area contributed by atoms with Crippen LogP contribution in [-0.2, 0) is 4.74 Å². The first kappa shape index (κ1) is 21.4. The third-order valence-corrected chi connectivity index (χ3v) is 8.15. The molecule has 2 aliphatic heterocycles. The average molecular weight is 473 g/mol. The van der Waals surface area contributed by atoms with Crippen LogP contribution in [0, 0.1) is 0 Å². The van der Waals surface area contributed by atoms with Crippen LogP contribution in [0.4, 0.5) is 4.79 Å². The maximum atomic E-state index is 13.5. The fourth-order valence-corrected chi connectivity index (χ4v) is 6.44. The van der Waals surface area contributed by atoms with Crippen LogP contribution in [0.5, 0.6) is 0 Å². The SMILES string of the molecule is O=C(OCC1c2ccccc2-c2ccccc21)N1C2C=C(c3cnc4ccccc4c3)CC1CCC2. The lowest BCUT2D eigenvalue weighted by molar-refractivity contribution is 0.0539. The van der Waals surface area contributed by atoms with Crippen LogP contribution < -0.4 is 0 Å². The number of nitrogens with zero attached hydrogens (tertiary/aromatic N) is 2. The molecule has 2 unspecified atom stereocenters. The van der Waals surface area contributed by atoms with E-state index in [9.17, 15) is 4.79 Å². The Hall–Kier alpha value is -3.92. The molecule has 2 bridgehead atoms. The molecule has 1 saturated heterocycles. The van der Waals surface area contributed by atoms with Gasteiger partial charge in [-0.2, -0.15) is 0 Å². The Bertz CT molecular complexity index is 1460. The second-order valence-electron chi connectivity index (χ2n) is 10.2. The first-order chi connectivity index (χ1) is 17.8. The Kier molecular flexibility index (Phi) is 5.12. The normalized spacial score (nSPS) is 20.6. The molecule has 0 saturated carbocycles. The molecule has 2 atom stereocenters. The van der Waals surface area contributed by atoms with E-state index >= 15 is 0 Å². The highest BCUT2D eigenvalue weighted by molar-refractivity contribution is 5.84. The fraction of sp³-hybridized carbons (Fsp3) is 0.250. The number of carbonyl (C=O) groups is 1. The van der Waals surface area contributed by atoms with Gasteiger partial charge < -0.3 is 4.74 Å². The molecule has 4 aromatic rings. The van der Waals surface area contributed by atoms with Gasteiger partial charge in [0.25, 0.3) is 0 Å². The summed E-state index contributed by atoms with van der Waals surface area (Å²) in [5, 5.41) is 1.15. The van der Waals surface area contributed by atoms with Gasteiger partial charge in [-0.1, -0.05) is 72.8 Å². The van der Waals surface area contributed by atoms with Gasteiger partial charge >= 0.3 is 6.09 Å². The third-order valence-electron chi connectivity index (χ3n) is 8.15. The molecule has 1 amide bonds. The maximum absolute atomic E-state index is 13.5. The number of rotatable bonds is 3. The molecule has 36 heavy (non-hydrogen) atoms. The largest absolute Gasteiger partial charge is 0.448 e. The van der Waals surface area contributed by atoms with Gasteiger partial charge in [0.15, 0.2) is 0 Å². The molecule has 7 rings (SSSR count). The molecular formula is C32H28N2O2. The first-order valence-electron chi connectivity index (χ1n) is 13.0. The van der Waals surface area contributed by atoms with Gasteiger partial charge in [-0.25, -0.2) is 4.79 Å². The molecule has 3 aromatic carbocycles. The number of fused-ring (bicyclic) bond motifs is 6. The van der Waals surface area contributed by atoms with Gasteiger partial charge in [0, 0.05) is 23.5 Å². The zero-order valence-corrected chi connectivity index (χ0v) is 20.1. The molecule has 4 heteroatoms. The second-order valence-corrected chi connectivity index (χ2v) is 10.2. The summed E-state index contributed by atoms with van der Waals surface area (Å²) < 4.78 is 6.06. The van der Waals surface area contributed by atoms with E-state index in [1.165, 1.54) is 27.8 Å². The Morgan fingerprint density at radius 2 is 1.64 bits per heavy atom. The number of pyridine rings is 1. The van der Waals surface area contributed by atoms with Gasteiger partial charge in [0.2, 0.25) is 0 Å². The highest BCUT2D eigenvalue weighted by atomic mass is 16.6. The van der Waals surface area contributed by atoms with Crippen LogP contribution in [0.1, 0.15) is 48.3 Å². The lowest BCUT2D eigenvalue weighted by atomic mass is 9.83. The van der Waals surface area contributed by atoms with Crippen molar-refractivity contribution >= 4 is 22.6 Å². The van der Waals surface area contributed by atoms with Gasteiger partial charge in [0.05, 0.1) is 11.6 Å². The molecule has 4 nitrogen and oxygen atoms in total. The predicted molar refractivity (Wildman–Crippen MR) is 143 cm³/mol. The molecule has 1 fully saturated rings. The smallest absolute Gasteiger partial charge is 0.410 e. The van der Waals surface area contributed by atoms with Crippen LogP contribution in [0.2, 0.25) is 0 Å². The van der Waals surface area contributed by atoms with Crippen LogP contribution in [0.25, 0.3) is 27.6 Å². The van der Waals surface area contributed by atoms with E-state index in [0.717, 1.165) is 42.1 Å². The highest BCUT2D eigenvalue weighted by Gasteiger charge is 2.39. The highest BCUT2D eigenvalue weighted by Crippen LogP contribution is 2.45. The summed E-state index contributed by atoms with van der Waals surface area (Å²) in [7, 11) is 0. The lowest BCUT2D eigenvalue weighted by Gasteiger charge is -2.44. The number of ether oxygens (including phenoxy) is 1. The number of carbonyl (C=O) groups excluding carboxylic acids is 1. The zero-order valence-electron chi connectivity index (χ0n) is 20.1. The van der Waals surface area contributed by atoms with Crippen molar-refractivity contribution in [2.24, 2.45) is 0 Å². The molecule has 1 aliphatic carbocycles. The zero-order chi connectivity index (χ0) is 24.1. The number of hydrogen-bond donors (Lipinski definition) is 0. The van der Waals surface area contributed by atoms with E-state index in [-0.39, 0.29) is 24.1 Å². The number of para-hydroxylation sites is 1. The van der Waals surface area contributed by atoms with Crippen molar-refractivity contribution in [2.75, 3.05) is 6.61 Å². The Morgan fingerprint density at radius 1 is 0.917 bits per heavy atom. The summed E-state index contributed by atoms with van der Waals surface area (Å²) in [6.07, 6.45) is 8.06. The van der Waals surface area contributed by atoms with Gasteiger partial charge in [0.1, 0.15) is 6.61 Å². The van der Waals surface area contributed by atoms with Gasteiger partial charge in [-0.15, -0.1) is 0 Å². The predicted octanol–water partition coefficient (Wildman–Crippen LogP) is 7.19.